The van der Waals surface area contributed by atoms with Crippen molar-refractivity contribution in [2.45, 2.75) is 62.2 Å². The zero-order valence-corrected chi connectivity index (χ0v) is 14.6. The summed E-state index contributed by atoms with van der Waals surface area (Å²) in [5.41, 5.74) is 1.14. The van der Waals surface area contributed by atoms with Crippen LogP contribution in [-0.2, 0) is 0 Å². The lowest BCUT2D eigenvalue weighted by Crippen LogP contribution is -2.48. The van der Waals surface area contributed by atoms with E-state index in [0.717, 1.165) is 30.5 Å². The number of carbonyl (C=O) groups excluding carboxylic acids is 1. The van der Waals surface area contributed by atoms with Gasteiger partial charge in [-0.05, 0) is 49.9 Å². The highest BCUT2D eigenvalue weighted by molar-refractivity contribution is 8.00. The summed E-state index contributed by atoms with van der Waals surface area (Å²) in [6.45, 7) is 8.84. The Hall–Kier alpha value is -1.20. The summed E-state index contributed by atoms with van der Waals surface area (Å²) in [6.07, 6.45) is 2.57. The van der Waals surface area contributed by atoms with Crippen LogP contribution in [0.25, 0.3) is 0 Å². The van der Waals surface area contributed by atoms with Crippen molar-refractivity contribution in [3.05, 3.63) is 23.8 Å². The summed E-state index contributed by atoms with van der Waals surface area (Å²) in [6, 6.07) is 5.78. The Balaban J connectivity index is 1.90. The highest BCUT2D eigenvalue weighted by atomic mass is 32.2. The maximum absolute atomic E-state index is 11.9. The molecule has 0 aromatic heterocycles. The molecule has 0 bridgehead atoms. The van der Waals surface area contributed by atoms with E-state index in [1.54, 1.807) is 11.8 Å². The van der Waals surface area contributed by atoms with Crippen LogP contribution in [0.1, 0.15) is 45.6 Å². The number of amides is 2. The number of urea groups is 1. The van der Waals surface area contributed by atoms with Gasteiger partial charge in [-0.2, -0.15) is 0 Å². The molecule has 1 aromatic carbocycles. The second kappa shape index (κ2) is 6.50. The van der Waals surface area contributed by atoms with Gasteiger partial charge >= 0.3 is 6.03 Å². The number of hydrogen-bond donors (Lipinski definition) is 3. The van der Waals surface area contributed by atoms with Crippen LogP contribution in [0, 0.1) is 6.92 Å². The van der Waals surface area contributed by atoms with Crippen molar-refractivity contribution in [2.24, 2.45) is 0 Å². The minimum Gasteiger partial charge on any atom is -0.388 e. The van der Waals surface area contributed by atoms with Crippen molar-refractivity contribution in [1.82, 2.24) is 5.32 Å². The number of hydrogen-bond acceptors (Lipinski definition) is 3. The van der Waals surface area contributed by atoms with Crippen molar-refractivity contribution >= 4 is 23.5 Å². The first kappa shape index (κ1) is 17.2. The number of anilines is 1. The number of aryl methyl sites for hydroxylation is 1. The molecule has 2 rings (SSSR count). The fraction of sp³-hybridized carbons (Fsp3) is 0.588. The first-order chi connectivity index (χ1) is 10.2. The highest BCUT2D eigenvalue weighted by Crippen LogP contribution is 2.33. The molecule has 22 heavy (non-hydrogen) atoms. The lowest BCUT2D eigenvalue weighted by Gasteiger charge is -2.36. The van der Waals surface area contributed by atoms with Crippen LogP contribution in [0.5, 0.6) is 0 Å². The zero-order valence-electron chi connectivity index (χ0n) is 13.8. The standard InChI is InChI=1S/C17H26N2O2S/c1-12-10-13(22-16(2,3)4)6-7-14(12)19-15(20)18-11-17(21)8-5-9-17/h6-7,10,21H,5,8-9,11H2,1-4H3,(H2,18,19,20). The lowest BCUT2D eigenvalue weighted by atomic mass is 9.80. The molecular formula is C17H26N2O2S. The van der Waals surface area contributed by atoms with E-state index in [1.165, 1.54) is 4.90 Å². The average molecular weight is 322 g/mol. The summed E-state index contributed by atoms with van der Waals surface area (Å²) in [5.74, 6) is 0. The third-order valence-corrected chi connectivity index (χ3v) is 4.83. The minimum atomic E-state index is -0.695. The first-order valence-corrected chi connectivity index (χ1v) is 8.55. The molecule has 0 heterocycles. The van der Waals surface area contributed by atoms with Crippen molar-refractivity contribution in [3.8, 4) is 0 Å². The van der Waals surface area contributed by atoms with Gasteiger partial charge in [0.05, 0.1) is 5.60 Å². The van der Waals surface area contributed by atoms with Gasteiger partial charge in [-0.3, -0.25) is 0 Å². The molecule has 0 radical (unpaired) electrons. The summed E-state index contributed by atoms with van der Waals surface area (Å²) >= 11 is 1.81. The Labute approximate surface area is 137 Å². The molecule has 122 valence electrons. The molecule has 1 aliphatic rings. The van der Waals surface area contributed by atoms with Crippen molar-refractivity contribution < 1.29 is 9.90 Å². The lowest BCUT2D eigenvalue weighted by molar-refractivity contribution is -0.0287. The van der Waals surface area contributed by atoms with E-state index in [0.29, 0.717) is 6.54 Å². The van der Waals surface area contributed by atoms with E-state index in [2.05, 4.69) is 37.5 Å². The van der Waals surface area contributed by atoms with Gasteiger partial charge in [-0.25, -0.2) is 4.79 Å². The van der Waals surface area contributed by atoms with E-state index < -0.39 is 5.60 Å². The SMILES string of the molecule is Cc1cc(SC(C)(C)C)ccc1NC(=O)NCC1(O)CCC1. The molecule has 1 saturated carbocycles. The van der Waals surface area contributed by atoms with Gasteiger partial charge in [0.15, 0.2) is 0 Å². The molecule has 2 amide bonds. The Morgan fingerprint density at radius 2 is 2.05 bits per heavy atom. The fourth-order valence-corrected chi connectivity index (χ4v) is 3.45. The number of nitrogens with one attached hydrogen (secondary N) is 2. The predicted molar refractivity (Wildman–Crippen MR) is 92.6 cm³/mol. The molecule has 3 N–H and O–H groups in total. The average Bonchev–Trinajstić information content (AvgIpc) is 2.35. The smallest absolute Gasteiger partial charge is 0.319 e. The molecular weight excluding hydrogens is 296 g/mol. The van der Waals surface area contributed by atoms with Gasteiger partial charge in [0.2, 0.25) is 0 Å². The quantitative estimate of drug-likeness (QED) is 0.736. The van der Waals surface area contributed by atoms with Crippen LogP contribution in [0.15, 0.2) is 23.1 Å². The van der Waals surface area contributed by atoms with Crippen LogP contribution in [0.4, 0.5) is 10.5 Å². The van der Waals surface area contributed by atoms with Crippen LogP contribution < -0.4 is 10.6 Å². The monoisotopic (exact) mass is 322 g/mol. The largest absolute Gasteiger partial charge is 0.388 e. The maximum atomic E-state index is 11.9. The van der Waals surface area contributed by atoms with Gasteiger partial charge in [0.25, 0.3) is 0 Å². The Morgan fingerprint density at radius 1 is 1.36 bits per heavy atom. The second-order valence-corrected chi connectivity index (χ2v) is 8.98. The molecule has 0 saturated heterocycles. The Bertz CT molecular complexity index is 548. The summed E-state index contributed by atoms with van der Waals surface area (Å²) < 4.78 is 0.164. The van der Waals surface area contributed by atoms with E-state index in [4.69, 9.17) is 0 Å². The highest BCUT2D eigenvalue weighted by Gasteiger charge is 2.34. The third-order valence-electron chi connectivity index (χ3n) is 3.73. The van der Waals surface area contributed by atoms with E-state index in [9.17, 15) is 9.90 Å². The van der Waals surface area contributed by atoms with Gasteiger partial charge in [0, 0.05) is 21.9 Å². The fourth-order valence-electron chi connectivity index (χ4n) is 2.37. The third kappa shape index (κ3) is 4.92. The number of aliphatic hydroxyl groups is 1. The van der Waals surface area contributed by atoms with E-state index in [-0.39, 0.29) is 10.8 Å². The molecule has 0 unspecified atom stereocenters. The first-order valence-electron chi connectivity index (χ1n) is 7.74. The van der Waals surface area contributed by atoms with Gasteiger partial charge in [0.1, 0.15) is 0 Å². The van der Waals surface area contributed by atoms with Crippen LogP contribution in [0.3, 0.4) is 0 Å². The molecule has 1 aromatic rings. The molecule has 1 fully saturated rings. The number of benzene rings is 1. The van der Waals surface area contributed by atoms with Gasteiger partial charge < -0.3 is 15.7 Å². The van der Waals surface area contributed by atoms with Crippen molar-refractivity contribution in [2.75, 3.05) is 11.9 Å². The zero-order chi connectivity index (χ0) is 16.4. The van der Waals surface area contributed by atoms with Crippen LogP contribution in [0.2, 0.25) is 0 Å². The molecule has 5 heteroatoms. The minimum absolute atomic E-state index is 0.164. The van der Waals surface area contributed by atoms with Crippen LogP contribution >= 0.6 is 11.8 Å². The molecule has 0 spiro atoms. The molecule has 0 aliphatic heterocycles. The van der Waals surface area contributed by atoms with E-state index >= 15 is 0 Å². The Kier molecular flexibility index (Phi) is 5.07. The summed E-state index contributed by atoms with van der Waals surface area (Å²) in [5, 5.41) is 15.6. The van der Waals surface area contributed by atoms with Crippen LogP contribution in [-0.4, -0.2) is 28.0 Å². The van der Waals surface area contributed by atoms with Gasteiger partial charge in [-0.15, -0.1) is 11.8 Å². The summed E-state index contributed by atoms with van der Waals surface area (Å²) in [4.78, 5) is 13.1. The van der Waals surface area contributed by atoms with Crippen molar-refractivity contribution in [1.29, 1.82) is 0 Å². The van der Waals surface area contributed by atoms with Gasteiger partial charge in [-0.1, -0.05) is 20.8 Å². The maximum Gasteiger partial charge on any atom is 0.319 e. The molecule has 1 aliphatic carbocycles. The number of carbonyl (C=O) groups is 1. The topological polar surface area (TPSA) is 61.4 Å². The second-order valence-electron chi connectivity index (χ2n) is 7.08. The predicted octanol–water partition coefficient (Wildman–Crippen LogP) is 3.92. The normalized spacial score (nSPS) is 16.8. The number of rotatable bonds is 4. The van der Waals surface area contributed by atoms with Crippen molar-refractivity contribution in [3.63, 3.8) is 0 Å². The van der Waals surface area contributed by atoms with E-state index in [1.807, 2.05) is 19.1 Å². The summed E-state index contributed by atoms with van der Waals surface area (Å²) in [7, 11) is 0. The molecule has 4 nitrogen and oxygen atoms in total. The Morgan fingerprint density at radius 3 is 2.55 bits per heavy atom. The molecule has 0 atom stereocenters. The number of thioether (sulfide) groups is 1.